The summed E-state index contributed by atoms with van der Waals surface area (Å²) in [6.45, 7) is 0.448. The summed E-state index contributed by atoms with van der Waals surface area (Å²) in [6.07, 6.45) is 0.303. The van der Waals surface area contributed by atoms with Gasteiger partial charge in [-0.25, -0.2) is 0 Å². The van der Waals surface area contributed by atoms with E-state index >= 15 is 0 Å². The summed E-state index contributed by atoms with van der Waals surface area (Å²) < 4.78 is 17.1. The summed E-state index contributed by atoms with van der Waals surface area (Å²) in [5.41, 5.74) is 1.56. The number of methoxy groups -OCH3 is 2. The van der Waals surface area contributed by atoms with Gasteiger partial charge in [-0.1, -0.05) is 21.1 Å². The van der Waals surface area contributed by atoms with E-state index in [2.05, 4.69) is 26.1 Å². The van der Waals surface area contributed by atoms with Crippen molar-refractivity contribution in [2.75, 3.05) is 25.7 Å². The zero-order valence-corrected chi connectivity index (χ0v) is 17.0. The predicted octanol–water partition coefficient (Wildman–Crippen LogP) is 4.04. The number of amides is 1. The third-order valence-electron chi connectivity index (χ3n) is 4.70. The van der Waals surface area contributed by atoms with Gasteiger partial charge in [-0.05, 0) is 36.4 Å². The minimum atomic E-state index is -0.170. The first kappa shape index (κ1) is 18.5. The Kier molecular flexibility index (Phi) is 5.04. The average Bonchev–Trinajstić information content (AvgIpc) is 3.35. The van der Waals surface area contributed by atoms with Gasteiger partial charge in [-0.3, -0.25) is 4.79 Å². The zero-order valence-electron chi connectivity index (χ0n) is 15.4. The summed E-state index contributed by atoms with van der Waals surface area (Å²) in [6, 6.07) is 13.0. The standard InChI is InChI=1S/C20H18BrN3O4/c1-26-15-7-8-16(17(10-15)27-2)24-11-13(9-18(24)25)20-22-19(23-28-20)12-3-5-14(21)6-4-12/h3-8,10,13H,9,11H2,1-2H3/t13-/m1/s1. The van der Waals surface area contributed by atoms with E-state index in [4.69, 9.17) is 14.0 Å². The van der Waals surface area contributed by atoms with Crippen LogP contribution < -0.4 is 14.4 Å². The number of benzene rings is 2. The Balaban J connectivity index is 1.56. The molecular formula is C20H18BrN3O4. The second-order valence-electron chi connectivity index (χ2n) is 6.41. The van der Waals surface area contributed by atoms with Crippen molar-refractivity contribution >= 4 is 27.5 Å². The molecule has 8 heteroatoms. The number of hydrogen-bond donors (Lipinski definition) is 0. The number of halogens is 1. The van der Waals surface area contributed by atoms with Gasteiger partial charge in [0.1, 0.15) is 11.5 Å². The molecule has 0 N–H and O–H groups in total. The number of carbonyl (C=O) groups is 1. The molecule has 0 radical (unpaired) electrons. The zero-order chi connectivity index (χ0) is 19.7. The minimum Gasteiger partial charge on any atom is -0.497 e. The summed E-state index contributed by atoms with van der Waals surface area (Å²) in [5, 5.41) is 4.07. The fourth-order valence-corrected chi connectivity index (χ4v) is 3.50. The maximum atomic E-state index is 12.6. The molecule has 1 aromatic heterocycles. The van der Waals surface area contributed by atoms with Crippen molar-refractivity contribution in [2.24, 2.45) is 0 Å². The Labute approximate surface area is 170 Å². The molecule has 0 spiro atoms. The third kappa shape index (κ3) is 3.47. The molecule has 1 fully saturated rings. The lowest BCUT2D eigenvalue weighted by molar-refractivity contribution is -0.117. The molecule has 0 bridgehead atoms. The van der Waals surface area contributed by atoms with Crippen LogP contribution in [0.25, 0.3) is 11.4 Å². The highest BCUT2D eigenvalue weighted by atomic mass is 79.9. The maximum absolute atomic E-state index is 12.6. The number of aromatic nitrogens is 2. The van der Waals surface area contributed by atoms with Crippen LogP contribution >= 0.6 is 15.9 Å². The van der Waals surface area contributed by atoms with Crippen LogP contribution in [-0.2, 0) is 4.79 Å². The van der Waals surface area contributed by atoms with Crippen molar-refractivity contribution in [3.05, 3.63) is 52.8 Å². The van der Waals surface area contributed by atoms with Crippen molar-refractivity contribution in [3.8, 4) is 22.9 Å². The molecule has 1 atom stereocenters. The molecule has 3 aromatic rings. The summed E-state index contributed by atoms with van der Waals surface area (Å²) in [4.78, 5) is 18.8. The van der Waals surface area contributed by atoms with Crippen LogP contribution in [0.4, 0.5) is 5.69 Å². The van der Waals surface area contributed by atoms with Crippen LogP contribution in [0.2, 0.25) is 0 Å². The number of hydrogen-bond acceptors (Lipinski definition) is 6. The van der Waals surface area contributed by atoms with Crippen LogP contribution in [0.15, 0.2) is 51.5 Å². The quantitative estimate of drug-likeness (QED) is 0.591. The van der Waals surface area contributed by atoms with Crippen LogP contribution in [0, 0.1) is 0 Å². The average molecular weight is 444 g/mol. The maximum Gasteiger partial charge on any atom is 0.232 e. The Bertz CT molecular complexity index is 1000. The van der Waals surface area contributed by atoms with Crippen LogP contribution in [0.5, 0.6) is 11.5 Å². The summed E-state index contributed by atoms with van der Waals surface area (Å²) >= 11 is 3.41. The number of rotatable bonds is 5. The lowest BCUT2D eigenvalue weighted by atomic mass is 10.1. The Morgan fingerprint density at radius 2 is 1.93 bits per heavy atom. The van der Waals surface area contributed by atoms with E-state index in [0.29, 0.717) is 41.9 Å². The van der Waals surface area contributed by atoms with Crippen LogP contribution in [0.1, 0.15) is 18.2 Å². The highest BCUT2D eigenvalue weighted by molar-refractivity contribution is 9.10. The van der Waals surface area contributed by atoms with E-state index in [1.54, 1.807) is 31.3 Å². The van der Waals surface area contributed by atoms with E-state index in [1.165, 1.54) is 0 Å². The molecule has 1 aliphatic rings. The SMILES string of the molecule is COc1ccc(N2C[C@H](c3nc(-c4ccc(Br)cc4)no3)CC2=O)c(OC)c1. The summed E-state index contributed by atoms with van der Waals surface area (Å²) in [5.74, 6) is 2.03. The van der Waals surface area contributed by atoms with Gasteiger partial charge < -0.3 is 18.9 Å². The van der Waals surface area contributed by atoms with Crippen LogP contribution in [-0.4, -0.2) is 36.8 Å². The molecule has 1 saturated heterocycles. The number of ether oxygens (including phenoxy) is 2. The molecule has 2 aromatic carbocycles. The molecular weight excluding hydrogens is 426 g/mol. The molecule has 1 amide bonds. The van der Waals surface area contributed by atoms with Gasteiger partial charge in [0.15, 0.2) is 0 Å². The summed E-state index contributed by atoms with van der Waals surface area (Å²) in [7, 11) is 3.16. The minimum absolute atomic E-state index is 0.0168. The molecule has 0 aliphatic carbocycles. The fraction of sp³-hybridized carbons (Fsp3) is 0.250. The van der Waals surface area contributed by atoms with Crippen molar-refractivity contribution < 1.29 is 18.8 Å². The molecule has 144 valence electrons. The number of carbonyl (C=O) groups excluding carboxylic acids is 1. The lowest BCUT2D eigenvalue weighted by Crippen LogP contribution is -2.24. The Hall–Kier alpha value is -2.87. The molecule has 4 rings (SSSR count). The topological polar surface area (TPSA) is 77.7 Å². The third-order valence-corrected chi connectivity index (χ3v) is 5.22. The number of anilines is 1. The molecule has 1 aliphatic heterocycles. The van der Waals surface area contributed by atoms with Crippen molar-refractivity contribution in [3.63, 3.8) is 0 Å². The normalized spacial score (nSPS) is 16.5. The second kappa shape index (κ2) is 7.63. The molecule has 0 unspecified atom stereocenters. The van der Waals surface area contributed by atoms with E-state index in [-0.39, 0.29) is 11.8 Å². The van der Waals surface area contributed by atoms with Gasteiger partial charge in [0, 0.05) is 29.1 Å². The molecule has 0 saturated carbocycles. The number of nitrogens with zero attached hydrogens (tertiary/aromatic N) is 3. The highest BCUT2D eigenvalue weighted by Crippen LogP contribution is 2.38. The smallest absolute Gasteiger partial charge is 0.232 e. The Morgan fingerprint density at radius 3 is 2.64 bits per heavy atom. The fourth-order valence-electron chi connectivity index (χ4n) is 3.23. The van der Waals surface area contributed by atoms with Gasteiger partial charge in [0.25, 0.3) is 0 Å². The van der Waals surface area contributed by atoms with Gasteiger partial charge >= 0.3 is 0 Å². The van der Waals surface area contributed by atoms with E-state index in [1.807, 2.05) is 30.3 Å². The van der Waals surface area contributed by atoms with Gasteiger partial charge in [0.2, 0.25) is 17.6 Å². The largest absolute Gasteiger partial charge is 0.497 e. The first-order valence-corrected chi connectivity index (χ1v) is 9.50. The van der Waals surface area contributed by atoms with Crippen LogP contribution in [0.3, 0.4) is 0 Å². The van der Waals surface area contributed by atoms with E-state index in [0.717, 1.165) is 10.0 Å². The van der Waals surface area contributed by atoms with Gasteiger partial charge in [0.05, 0.1) is 25.8 Å². The molecule has 7 nitrogen and oxygen atoms in total. The highest BCUT2D eigenvalue weighted by Gasteiger charge is 2.36. The molecule has 2 heterocycles. The lowest BCUT2D eigenvalue weighted by Gasteiger charge is -2.19. The predicted molar refractivity (Wildman–Crippen MR) is 107 cm³/mol. The van der Waals surface area contributed by atoms with E-state index < -0.39 is 0 Å². The van der Waals surface area contributed by atoms with E-state index in [9.17, 15) is 4.79 Å². The molecule has 28 heavy (non-hydrogen) atoms. The Morgan fingerprint density at radius 1 is 1.14 bits per heavy atom. The van der Waals surface area contributed by atoms with Gasteiger partial charge in [-0.15, -0.1) is 0 Å². The van der Waals surface area contributed by atoms with Crippen molar-refractivity contribution in [2.45, 2.75) is 12.3 Å². The first-order chi connectivity index (χ1) is 13.6. The first-order valence-electron chi connectivity index (χ1n) is 8.71. The monoisotopic (exact) mass is 443 g/mol. The van der Waals surface area contributed by atoms with Crippen molar-refractivity contribution in [1.29, 1.82) is 0 Å². The second-order valence-corrected chi connectivity index (χ2v) is 7.32. The van der Waals surface area contributed by atoms with Gasteiger partial charge in [-0.2, -0.15) is 4.98 Å². The van der Waals surface area contributed by atoms with Crippen molar-refractivity contribution in [1.82, 2.24) is 10.1 Å².